The van der Waals surface area contributed by atoms with Gasteiger partial charge in [0.15, 0.2) is 0 Å². The summed E-state index contributed by atoms with van der Waals surface area (Å²) in [6.45, 7) is 2.24. The average Bonchev–Trinajstić information content (AvgIpc) is 2.83. The van der Waals surface area contributed by atoms with Crippen LogP contribution >= 0.6 is 0 Å². The van der Waals surface area contributed by atoms with Crippen molar-refractivity contribution in [2.45, 2.75) is 51.9 Å². The first-order valence-electron chi connectivity index (χ1n) is 5.33. The number of hydrogen-bond acceptors (Lipinski definition) is 1. The van der Waals surface area contributed by atoms with Gasteiger partial charge in [-0.3, -0.25) is 0 Å². The molecule has 2 unspecified atom stereocenters. The van der Waals surface area contributed by atoms with Gasteiger partial charge in [-0.2, -0.15) is 0 Å². The summed E-state index contributed by atoms with van der Waals surface area (Å²) >= 11 is 0. The van der Waals surface area contributed by atoms with E-state index < -0.39 is 0 Å². The molecule has 0 N–H and O–H groups in total. The molecule has 1 fully saturated rings. The second kappa shape index (κ2) is 5.34. The lowest BCUT2D eigenvalue weighted by Crippen LogP contribution is -1.84. The first kappa shape index (κ1) is 9.76. The van der Waals surface area contributed by atoms with Crippen LogP contribution in [0.1, 0.15) is 51.9 Å². The number of carbonyl (C=O) groups is 1. The highest BCUT2D eigenvalue weighted by Crippen LogP contribution is 2.40. The summed E-state index contributed by atoms with van der Waals surface area (Å²) < 4.78 is 0. The Bertz CT molecular complexity index is 131. The minimum absolute atomic E-state index is 0.441. The predicted molar refractivity (Wildman–Crippen MR) is 51.0 cm³/mol. The Morgan fingerprint density at radius 1 is 1.25 bits per heavy atom. The second-order valence-corrected chi connectivity index (χ2v) is 4.00. The Hall–Kier alpha value is -0.330. The molecule has 1 heteroatoms. The quantitative estimate of drug-likeness (QED) is 0.421. The Morgan fingerprint density at radius 2 is 2.00 bits per heavy atom. The monoisotopic (exact) mass is 168 g/mol. The van der Waals surface area contributed by atoms with Gasteiger partial charge in [-0.25, -0.2) is 0 Å². The molecule has 0 spiro atoms. The molecular formula is C11H20O. The van der Waals surface area contributed by atoms with E-state index >= 15 is 0 Å². The van der Waals surface area contributed by atoms with E-state index in [0.29, 0.717) is 5.92 Å². The molecule has 2 atom stereocenters. The Kier molecular flexibility index (Phi) is 4.34. The van der Waals surface area contributed by atoms with E-state index in [1.165, 1.54) is 44.9 Å². The molecular weight excluding hydrogens is 148 g/mol. The molecule has 0 amide bonds. The van der Waals surface area contributed by atoms with Gasteiger partial charge < -0.3 is 4.79 Å². The number of aldehydes is 1. The summed E-state index contributed by atoms with van der Waals surface area (Å²) in [5, 5.41) is 0. The maximum atomic E-state index is 10.3. The maximum absolute atomic E-state index is 10.3. The zero-order chi connectivity index (χ0) is 8.81. The van der Waals surface area contributed by atoms with Crippen molar-refractivity contribution in [2.24, 2.45) is 11.8 Å². The van der Waals surface area contributed by atoms with Crippen LogP contribution in [0.25, 0.3) is 0 Å². The normalized spacial score (nSPS) is 27.1. The topological polar surface area (TPSA) is 17.1 Å². The number of unbranched alkanes of at least 4 members (excludes halogenated alkanes) is 4. The van der Waals surface area contributed by atoms with Crippen molar-refractivity contribution in [3.05, 3.63) is 0 Å². The van der Waals surface area contributed by atoms with Gasteiger partial charge in [0.2, 0.25) is 0 Å². The molecule has 0 aromatic carbocycles. The van der Waals surface area contributed by atoms with Crippen molar-refractivity contribution in [2.75, 3.05) is 0 Å². The van der Waals surface area contributed by atoms with Gasteiger partial charge in [0, 0.05) is 5.92 Å². The first-order chi connectivity index (χ1) is 5.88. The highest BCUT2D eigenvalue weighted by atomic mass is 16.1. The lowest BCUT2D eigenvalue weighted by molar-refractivity contribution is -0.109. The number of rotatable bonds is 7. The number of hydrogen-bond donors (Lipinski definition) is 0. The Morgan fingerprint density at radius 3 is 2.58 bits per heavy atom. The van der Waals surface area contributed by atoms with Crippen molar-refractivity contribution in [3.8, 4) is 0 Å². The van der Waals surface area contributed by atoms with E-state index in [2.05, 4.69) is 6.92 Å². The fourth-order valence-electron chi connectivity index (χ4n) is 1.78. The largest absolute Gasteiger partial charge is 0.303 e. The van der Waals surface area contributed by atoms with Crippen LogP contribution in [0, 0.1) is 11.8 Å². The van der Waals surface area contributed by atoms with Crippen LogP contribution in [-0.4, -0.2) is 6.29 Å². The molecule has 1 nitrogen and oxygen atoms in total. The second-order valence-electron chi connectivity index (χ2n) is 4.00. The van der Waals surface area contributed by atoms with Gasteiger partial charge in [-0.1, -0.05) is 39.0 Å². The number of carbonyl (C=O) groups excluding carboxylic acids is 1. The molecule has 0 aromatic heterocycles. The lowest BCUT2D eigenvalue weighted by Gasteiger charge is -1.97. The van der Waals surface area contributed by atoms with Crippen molar-refractivity contribution in [1.82, 2.24) is 0 Å². The minimum atomic E-state index is 0.441. The van der Waals surface area contributed by atoms with E-state index in [4.69, 9.17) is 0 Å². The van der Waals surface area contributed by atoms with Gasteiger partial charge >= 0.3 is 0 Å². The summed E-state index contributed by atoms with van der Waals surface area (Å²) in [5.41, 5.74) is 0. The smallest absolute Gasteiger partial charge is 0.123 e. The highest BCUT2D eigenvalue weighted by molar-refractivity contribution is 5.58. The van der Waals surface area contributed by atoms with E-state index in [9.17, 15) is 4.79 Å². The van der Waals surface area contributed by atoms with Crippen molar-refractivity contribution < 1.29 is 4.79 Å². The molecule has 70 valence electrons. The fourth-order valence-corrected chi connectivity index (χ4v) is 1.78. The molecule has 1 saturated carbocycles. The molecule has 1 rings (SSSR count). The third-order valence-electron chi connectivity index (χ3n) is 2.83. The Labute approximate surface area is 75.5 Å². The van der Waals surface area contributed by atoms with E-state index in [0.717, 1.165) is 12.2 Å². The SMILES string of the molecule is CCCCCCCC1CC1C=O. The maximum Gasteiger partial charge on any atom is 0.123 e. The third-order valence-corrected chi connectivity index (χ3v) is 2.83. The molecule has 1 aliphatic rings. The first-order valence-corrected chi connectivity index (χ1v) is 5.33. The summed E-state index contributed by atoms with van der Waals surface area (Å²) in [6, 6.07) is 0. The van der Waals surface area contributed by atoms with Gasteiger partial charge in [-0.15, -0.1) is 0 Å². The van der Waals surface area contributed by atoms with E-state index in [1.807, 2.05) is 0 Å². The summed E-state index contributed by atoms with van der Waals surface area (Å²) in [4.78, 5) is 10.3. The zero-order valence-corrected chi connectivity index (χ0v) is 8.09. The predicted octanol–water partition coefficient (Wildman–Crippen LogP) is 3.18. The zero-order valence-electron chi connectivity index (χ0n) is 8.09. The fraction of sp³-hybridized carbons (Fsp3) is 0.909. The average molecular weight is 168 g/mol. The molecule has 0 aliphatic heterocycles. The van der Waals surface area contributed by atoms with Gasteiger partial charge in [0.05, 0.1) is 0 Å². The molecule has 1 aliphatic carbocycles. The van der Waals surface area contributed by atoms with Crippen LogP contribution in [0.2, 0.25) is 0 Å². The standard InChI is InChI=1S/C11H20O/c1-2-3-4-5-6-7-10-8-11(10)9-12/h9-11H,2-8H2,1H3. The molecule has 0 heterocycles. The van der Waals surface area contributed by atoms with Gasteiger partial charge in [0.1, 0.15) is 6.29 Å². The van der Waals surface area contributed by atoms with Gasteiger partial charge in [0.25, 0.3) is 0 Å². The molecule has 12 heavy (non-hydrogen) atoms. The Balaban J connectivity index is 1.81. The van der Waals surface area contributed by atoms with Crippen molar-refractivity contribution in [1.29, 1.82) is 0 Å². The molecule has 0 bridgehead atoms. The molecule has 0 aromatic rings. The van der Waals surface area contributed by atoms with Crippen LogP contribution in [0.5, 0.6) is 0 Å². The van der Waals surface area contributed by atoms with Crippen molar-refractivity contribution in [3.63, 3.8) is 0 Å². The van der Waals surface area contributed by atoms with Crippen LogP contribution < -0.4 is 0 Å². The van der Waals surface area contributed by atoms with E-state index in [-0.39, 0.29) is 0 Å². The minimum Gasteiger partial charge on any atom is -0.303 e. The van der Waals surface area contributed by atoms with Crippen LogP contribution in [0.4, 0.5) is 0 Å². The highest BCUT2D eigenvalue weighted by Gasteiger charge is 2.35. The van der Waals surface area contributed by atoms with E-state index in [1.54, 1.807) is 0 Å². The van der Waals surface area contributed by atoms with Crippen LogP contribution in [0.15, 0.2) is 0 Å². The summed E-state index contributed by atoms with van der Waals surface area (Å²) in [6.07, 6.45) is 10.4. The molecule has 0 radical (unpaired) electrons. The summed E-state index contributed by atoms with van der Waals surface area (Å²) in [5.74, 6) is 1.21. The van der Waals surface area contributed by atoms with Gasteiger partial charge in [-0.05, 0) is 18.8 Å². The lowest BCUT2D eigenvalue weighted by atomic mass is 10.1. The molecule has 0 saturated heterocycles. The van der Waals surface area contributed by atoms with Crippen LogP contribution in [0.3, 0.4) is 0 Å². The van der Waals surface area contributed by atoms with Crippen molar-refractivity contribution >= 4 is 6.29 Å². The van der Waals surface area contributed by atoms with Crippen LogP contribution in [-0.2, 0) is 4.79 Å². The summed E-state index contributed by atoms with van der Waals surface area (Å²) in [7, 11) is 0. The third kappa shape index (κ3) is 3.38.